The standard InChI is InChI=1S/C5H6F4O5S/c6-4(7,14-2-3-1-13-3)5(8,9)15(10,11)12/h3H,1-2H2,(H,10,11,12). The lowest BCUT2D eigenvalue weighted by Crippen LogP contribution is -2.49. The smallest absolute Gasteiger partial charge is 0.371 e. The molecule has 0 aliphatic carbocycles. The van der Waals surface area contributed by atoms with E-state index in [0.29, 0.717) is 0 Å². The normalized spacial score (nSPS) is 22.9. The SMILES string of the molecule is O=S(=O)(O)C(F)(F)C(F)(F)OCC1CO1. The van der Waals surface area contributed by atoms with Gasteiger partial charge in [-0.2, -0.15) is 26.0 Å². The van der Waals surface area contributed by atoms with E-state index in [0.717, 1.165) is 0 Å². The van der Waals surface area contributed by atoms with Crippen molar-refractivity contribution in [1.29, 1.82) is 0 Å². The Labute approximate surface area is 81.7 Å². The maximum atomic E-state index is 12.5. The zero-order chi connectivity index (χ0) is 11.9. The highest BCUT2D eigenvalue weighted by Gasteiger charge is 2.67. The lowest BCUT2D eigenvalue weighted by Gasteiger charge is -2.22. The molecule has 1 N–H and O–H groups in total. The molecule has 1 aliphatic heterocycles. The highest BCUT2D eigenvalue weighted by atomic mass is 32.2. The number of alkyl halides is 4. The van der Waals surface area contributed by atoms with E-state index in [2.05, 4.69) is 9.47 Å². The van der Waals surface area contributed by atoms with Crippen LogP contribution in [0.1, 0.15) is 0 Å². The van der Waals surface area contributed by atoms with E-state index in [4.69, 9.17) is 4.55 Å². The Morgan fingerprint density at radius 3 is 2.20 bits per heavy atom. The third-order valence-corrected chi connectivity index (χ3v) is 2.40. The van der Waals surface area contributed by atoms with Crippen molar-refractivity contribution < 1.29 is 40.0 Å². The molecule has 0 bridgehead atoms. The maximum absolute atomic E-state index is 12.5. The van der Waals surface area contributed by atoms with Crippen LogP contribution in [0.3, 0.4) is 0 Å². The molecule has 1 fully saturated rings. The predicted octanol–water partition coefficient (Wildman–Crippen LogP) is 0.475. The number of halogens is 4. The average molecular weight is 254 g/mol. The van der Waals surface area contributed by atoms with Gasteiger partial charge in [0.05, 0.1) is 13.2 Å². The summed E-state index contributed by atoms with van der Waals surface area (Å²) < 4.78 is 85.5. The van der Waals surface area contributed by atoms with Crippen molar-refractivity contribution in [3.63, 3.8) is 0 Å². The summed E-state index contributed by atoms with van der Waals surface area (Å²) in [6, 6.07) is 0. The van der Waals surface area contributed by atoms with Gasteiger partial charge in [-0.1, -0.05) is 0 Å². The van der Waals surface area contributed by atoms with Gasteiger partial charge in [0.25, 0.3) is 0 Å². The summed E-state index contributed by atoms with van der Waals surface area (Å²) in [6.45, 7) is -0.800. The molecule has 0 saturated carbocycles. The van der Waals surface area contributed by atoms with Crippen molar-refractivity contribution in [1.82, 2.24) is 0 Å². The minimum Gasteiger partial charge on any atom is -0.371 e. The predicted molar refractivity (Wildman–Crippen MR) is 37.1 cm³/mol. The average Bonchev–Trinajstić information content (AvgIpc) is 2.81. The molecular formula is C5H6F4O5S. The van der Waals surface area contributed by atoms with Crippen LogP contribution in [0.25, 0.3) is 0 Å². The lowest BCUT2D eigenvalue weighted by molar-refractivity contribution is -0.319. The largest absolute Gasteiger partial charge is 0.459 e. The monoisotopic (exact) mass is 254 g/mol. The van der Waals surface area contributed by atoms with Crippen molar-refractivity contribution in [3.05, 3.63) is 0 Å². The zero-order valence-corrected chi connectivity index (χ0v) is 7.81. The topological polar surface area (TPSA) is 76.1 Å². The summed E-state index contributed by atoms with van der Waals surface area (Å²) in [5.74, 6) is 0. The van der Waals surface area contributed by atoms with Crippen LogP contribution in [0.15, 0.2) is 0 Å². The molecule has 15 heavy (non-hydrogen) atoms. The summed E-state index contributed by atoms with van der Waals surface area (Å²) in [7, 11) is -6.24. The van der Waals surface area contributed by atoms with Crippen LogP contribution in [0.4, 0.5) is 17.6 Å². The number of epoxide rings is 1. The van der Waals surface area contributed by atoms with E-state index in [1.165, 1.54) is 0 Å². The number of hydrogen-bond donors (Lipinski definition) is 1. The van der Waals surface area contributed by atoms with E-state index in [1.54, 1.807) is 0 Å². The van der Waals surface area contributed by atoms with Gasteiger partial charge in [-0.05, 0) is 0 Å². The molecule has 1 saturated heterocycles. The summed E-state index contributed by atoms with van der Waals surface area (Å²) in [5, 5.41) is -5.69. The first-order valence-electron chi connectivity index (χ1n) is 3.56. The highest BCUT2D eigenvalue weighted by molar-refractivity contribution is 7.86. The molecule has 1 rings (SSSR count). The van der Waals surface area contributed by atoms with Gasteiger partial charge in [0.15, 0.2) is 0 Å². The second-order valence-electron chi connectivity index (χ2n) is 2.77. The Kier molecular flexibility index (Phi) is 2.98. The second kappa shape index (κ2) is 3.54. The van der Waals surface area contributed by atoms with Crippen LogP contribution in [-0.4, -0.2) is 43.7 Å². The molecule has 0 aromatic rings. The molecule has 1 aliphatic rings. The fraction of sp³-hybridized carbons (Fsp3) is 1.00. The quantitative estimate of drug-likeness (QED) is 0.438. The van der Waals surface area contributed by atoms with Gasteiger partial charge in [-0.3, -0.25) is 4.55 Å². The molecule has 1 atom stereocenters. The van der Waals surface area contributed by atoms with Gasteiger partial charge in [-0.15, -0.1) is 0 Å². The van der Waals surface area contributed by atoms with Gasteiger partial charge >= 0.3 is 21.5 Å². The van der Waals surface area contributed by atoms with E-state index in [1.807, 2.05) is 0 Å². The third-order valence-electron chi connectivity index (χ3n) is 1.52. The first kappa shape index (κ1) is 12.6. The fourth-order valence-corrected chi connectivity index (χ4v) is 0.955. The Hall–Kier alpha value is -0.450. The van der Waals surface area contributed by atoms with Gasteiger partial charge in [-0.25, -0.2) is 0 Å². The first-order valence-corrected chi connectivity index (χ1v) is 5.00. The van der Waals surface area contributed by atoms with Crippen molar-refractivity contribution in [3.8, 4) is 0 Å². The van der Waals surface area contributed by atoms with E-state index in [-0.39, 0.29) is 6.61 Å². The molecule has 0 aromatic carbocycles. The molecule has 0 radical (unpaired) electrons. The van der Waals surface area contributed by atoms with Gasteiger partial charge in [0.2, 0.25) is 0 Å². The molecule has 0 spiro atoms. The van der Waals surface area contributed by atoms with Crippen molar-refractivity contribution in [2.75, 3.05) is 13.2 Å². The number of ether oxygens (including phenoxy) is 2. The van der Waals surface area contributed by atoms with E-state index >= 15 is 0 Å². The second-order valence-corrected chi connectivity index (χ2v) is 4.24. The van der Waals surface area contributed by atoms with Crippen LogP contribution in [0.2, 0.25) is 0 Å². The molecular weight excluding hydrogens is 248 g/mol. The Bertz CT molecular complexity index is 335. The minimum atomic E-state index is -6.24. The van der Waals surface area contributed by atoms with Crippen LogP contribution in [0.5, 0.6) is 0 Å². The molecule has 0 amide bonds. The molecule has 0 aromatic heterocycles. The van der Waals surface area contributed by atoms with Crippen LogP contribution < -0.4 is 0 Å². The third kappa shape index (κ3) is 2.56. The van der Waals surface area contributed by atoms with Crippen molar-refractivity contribution in [2.45, 2.75) is 17.5 Å². The van der Waals surface area contributed by atoms with Gasteiger partial charge in [0, 0.05) is 0 Å². The number of rotatable bonds is 5. The minimum absolute atomic E-state index is 0.0769. The van der Waals surface area contributed by atoms with Crippen molar-refractivity contribution >= 4 is 10.1 Å². The lowest BCUT2D eigenvalue weighted by atomic mass is 10.5. The van der Waals surface area contributed by atoms with Crippen LogP contribution in [0, 0.1) is 0 Å². The molecule has 90 valence electrons. The number of hydrogen-bond acceptors (Lipinski definition) is 4. The van der Waals surface area contributed by atoms with Gasteiger partial charge < -0.3 is 9.47 Å². The summed E-state index contributed by atoms with van der Waals surface area (Å²) >= 11 is 0. The Morgan fingerprint density at radius 1 is 1.40 bits per heavy atom. The van der Waals surface area contributed by atoms with Gasteiger partial charge in [0.1, 0.15) is 6.10 Å². The molecule has 1 heterocycles. The summed E-state index contributed by atoms with van der Waals surface area (Å²) in [5.41, 5.74) is 0. The molecule has 1 unspecified atom stereocenters. The summed E-state index contributed by atoms with van der Waals surface area (Å²) in [4.78, 5) is 0. The Balaban J connectivity index is 2.73. The van der Waals surface area contributed by atoms with E-state index in [9.17, 15) is 26.0 Å². The van der Waals surface area contributed by atoms with E-state index < -0.39 is 34.2 Å². The first-order chi connectivity index (χ1) is 6.58. The van der Waals surface area contributed by atoms with Crippen LogP contribution >= 0.6 is 0 Å². The zero-order valence-electron chi connectivity index (χ0n) is 6.99. The maximum Gasteiger partial charge on any atom is 0.459 e. The highest BCUT2D eigenvalue weighted by Crippen LogP contribution is 2.39. The Morgan fingerprint density at radius 2 is 1.87 bits per heavy atom. The van der Waals surface area contributed by atoms with Crippen molar-refractivity contribution in [2.24, 2.45) is 0 Å². The van der Waals surface area contributed by atoms with Crippen LogP contribution in [-0.2, 0) is 19.6 Å². The summed E-state index contributed by atoms with van der Waals surface area (Å²) in [6.07, 6.45) is -6.04. The molecule has 5 nitrogen and oxygen atoms in total. The fourth-order valence-electron chi connectivity index (χ4n) is 0.596. The molecule has 10 heteroatoms.